The highest BCUT2D eigenvalue weighted by Gasteiger charge is 2.21. The van der Waals surface area contributed by atoms with E-state index in [4.69, 9.17) is 23.2 Å². The molecule has 0 saturated carbocycles. The van der Waals surface area contributed by atoms with Gasteiger partial charge >= 0.3 is 6.03 Å². The van der Waals surface area contributed by atoms with E-state index in [1.165, 1.54) is 29.8 Å². The number of hydrogen-bond acceptors (Lipinski definition) is 5. The zero-order chi connectivity index (χ0) is 24.5. The van der Waals surface area contributed by atoms with Crippen LogP contribution in [0.15, 0.2) is 65.6 Å². The number of sulfone groups is 1. The van der Waals surface area contributed by atoms with E-state index in [9.17, 15) is 18.4 Å². The van der Waals surface area contributed by atoms with Crippen molar-refractivity contribution in [3.05, 3.63) is 93.0 Å². The van der Waals surface area contributed by atoms with Crippen molar-refractivity contribution in [2.24, 2.45) is 0 Å². The normalized spacial score (nSPS) is 13.9. The number of halogens is 2. The van der Waals surface area contributed by atoms with Gasteiger partial charge in [-0.1, -0.05) is 53.5 Å². The number of hydrogen-bond donors (Lipinski definition) is 3. The highest BCUT2D eigenvalue weighted by molar-refractivity contribution is 7.90. The van der Waals surface area contributed by atoms with Gasteiger partial charge in [0.1, 0.15) is 0 Å². The molecule has 0 unspecified atom stereocenters. The number of nitrogens with one attached hydrogen (secondary N) is 2. The lowest BCUT2D eigenvalue weighted by molar-refractivity contribution is 0.202. The Morgan fingerprint density at radius 1 is 1.09 bits per heavy atom. The third-order valence-electron chi connectivity index (χ3n) is 5.68. The zero-order valence-electron chi connectivity index (χ0n) is 18.3. The standard InChI is InChI=1S/C24H23Cl2N3O4S/c1-15(21-3-2-4-22(25)23(21)26)28-24(30)29(31)19-7-9-20(10-8-19)34(32,33)14-16-5-6-17-12-27-13-18(17)11-16/h2-11,15,27,31H,12-14H2,1H3,(H,28,30)/t15-/m0/s1. The third kappa shape index (κ3) is 5.21. The van der Waals surface area contributed by atoms with E-state index in [0.29, 0.717) is 26.2 Å². The van der Waals surface area contributed by atoms with Crippen molar-refractivity contribution in [3.8, 4) is 0 Å². The van der Waals surface area contributed by atoms with E-state index >= 15 is 0 Å². The lowest BCUT2D eigenvalue weighted by Crippen LogP contribution is -2.39. The van der Waals surface area contributed by atoms with Gasteiger partial charge < -0.3 is 10.6 Å². The van der Waals surface area contributed by atoms with Gasteiger partial charge in [-0.25, -0.2) is 13.2 Å². The molecular formula is C24H23Cl2N3O4S. The topological polar surface area (TPSA) is 98.7 Å². The van der Waals surface area contributed by atoms with Crippen molar-refractivity contribution in [2.45, 2.75) is 36.7 Å². The predicted molar refractivity (Wildman–Crippen MR) is 132 cm³/mol. The van der Waals surface area contributed by atoms with Gasteiger partial charge in [-0.2, -0.15) is 5.06 Å². The molecule has 1 aliphatic rings. The molecule has 0 bridgehead atoms. The fourth-order valence-electron chi connectivity index (χ4n) is 3.83. The molecule has 1 heterocycles. The molecule has 3 aromatic rings. The highest BCUT2D eigenvalue weighted by atomic mass is 35.5. The molecule has 34 heavy (non-hydrogen) atoms. The third-order valence-corrected chi connectivity index (χ3v) is 8.22. The van der Waals surface area contributed by atoms with Crippen LogP contribution >= 0.6 is 23.2 Å². The maximum absolute atomic E-state index is 12.9. The summed E-state index contributed by atoms with van der Waals surface area (Å²) in [6.07, 6.45) is 0. The van der Waals surface area contributed by atoms with E-state index in [0.717, 1.165) is 18.7 Å². The van der Waals surface area contributed by atoms with Crippen LogP contribution < -0.4 is 15.7 Å². The second kappa shape index (κ2) is 9.93. The Hall–Kier alpha value is -2.62. The molecule has 7 nitrogen and oxygen atoms in total. The van der Waals surface area contributed by atoms with Crippen LogP contribution in [0.25, 0.3) is 0 Å². The van der Waals surface area contributed by atoms with Crippen molar-refractivity contribution in [2.75, 3.05) is 5.06 Å². The quantitative estimate of drug-likeness (QED) is 0.305. The monoisotopic (exact) mass is 519 g/mol. The lowest BCUT2D eigenvalue weighted by atomic mass is 10.1. The van der Waals surface area contributed by atoms with Gasteiger partial charge in [-0.3, -0.25) is 5.21 Å². The van der Waals surface area contributed by atoms with Crippen LogP contribution in [0.1, 0.15) is 35.2 Å². The van der Waals surface area contributed by atoms with Gasteiger partial charge in [0.2, 0.25) is 0 Å². The first-order chi connectivity index (χ1) is 16.2. The van der Waals surface area contributed by atoms with Crippen LogP contribution in [0, 0.1) is 0 Å². The zero-order valence-corrected chi connectivity index (χ0v) is 20.6. The number of carbonyl (C=O) groups excluding carboxylic acids is 1. The molecule has 178 valence electrons. The first-order valence-corrected chi connectivity index (χ1v) is 12.9. The van der Waals surface area contributed by atoms with Crippen LogP contribution in [0.4, 0.5) is 10.5 Å². The fraction of sp³-hybridized carbons (Fsp3) is 0.208. The highest BCUT2D eigenvalue weighted by Crippen LogP contribution is 2.30. The summed E-state index contributed by atoms with van der Waals surface area (Å²) in [4.78, 5) is 12.6. The lowest BCUT2D eigenvalue weighted by Gasteiger charge is -2.21. The Morgan fingerprint density at radius 3 is 2.53 bits per heavy atom. The molecule has 3 aromatic carbocycles. The van der Waals surface area contributed by atoms with Gasteiger partial charge in [0, 0.05) is 13.1 Å². The Bertz CT molecular complexity index is 1330. The van der Waals surface area contributed by atoms with Crippen molar-refractivity contribution >= 4 is 44.8 Å². The van der Waals surface area contributed by atoms with Crippen molar-refractivity contribution in [1.82, 2.24) is 10.6 Å². The molecule has 1 aliphatic heterocycles. The Kier molecular flexibility index (Phi) is 7.16. The number of anilines is 1. The first-order valence-electron chi connectivity index (χ1n) is 10.5. The molecule has 0 spiro atoms. The molecule has 1 atom stereocenters. The Balaban J connectivity index is 1.43. The number of benzene rings is 3. The summed E-state index contributed by atoms with van der Waals surface area (Å²) < 4.78 is 25.8. The molecule has 0 saturated heterocycles. The molecular weight excluding hydrogens is 497 g/mol. The van der Waals surface area contributed by atoms with Crippen LogP contribution in [0.2, 0.25) is 10.0 Å². The van der Waals surface area contributed by atoms with E-state index in [2.05, 4.69) is 10.6 Å². The summed E-state index contributed by atoms with van der Waals surface area (Å²) in [6, 6.07) is 14.9. The average molecular weight is 520 g/mol. The van der Waals surface area contributed by atoms with E-state index in [-0.39, 0.29) is 16.3 Å². The fourth-order valence-corrected chi connectivity index (χ4v) is 5.64. The summed E-state index contributed by atoms with van der Waals surface area (Å²) in [5.41, 5.74) is 3.71. The molecule has 0 aliphatic carbocycles. The molecule has 2 amide bonds. The van der Waals surface area contributed by atoms with Crippen LogP contribution in [0.5, 0.6) is 0 Å². The molecule has 4 rings (SSSR count). The minimum atomic E-state index is -3.61. The van der Waals surface area contributed by atoms with Gasteiger partial charge in [0.25, 0.3) is 0 Å². The van der Waals surface area contributed by atoms with E-state index in [1.54, 1.807) is 25.1 Å². The average Bonchev–Trinajstić information content (AvgIpc) is 3.28. The second-order valence-corrected chi connectivity index (χ2v) is 10.9. The molecule has 0 aromatic heterocycles. The predicted octanol–water partition coefficient (Wildman–Crippen LogP) is 5.24. The van der Waals surface area contributed by atoms with E-state index in [1.807, 2.05) is 18.2 Å². The van der Waals surface area contributed by atoms with E-state index < -0.39 is 21.9 Å². The van der Waals surface area contributed by atoms with Gasteiger partial charge in [0.15, 0.2) is 9.84 Å². The minimum Gasteiger partial charge on any atom is -0.329 e. The molecule has 0 fully saturated rings. The summed E-state index contributed by atoms with van der Waals surface area (Å²) >= 11 is 12.2. The summed E-state index contributed by atoms with van der Waals surface area (Å²) in [7, 11) is -3.61. The Labute approximate surface area is 208 Å². The minimum absolute atomic E-state index is 0.0998. The second-order valence-electron chi connectivity index (χ2n) is 8.09. The SMILES string of the molecule is C[C@H](NC(=O)N(O)c1ccc(S(=O)(=O)Cc2ccc3c(c2)CNC3)cc1)c1cccc(Cl)c1Cl. The van der Waals surface area contributed by atoms with Crippen molar-refractivity contribution in [1.29, 1.82) is 0 Å². The number of fused-ring (bicyclic) bond motifs is 1. The van der Waals surface area contributed by atoms with Crippen LogP contribution in [-0.2, 0) is 28.7 Å². The number of urea groups is 1. The number of carbonyl (C=O) groups is 1. The number of amides is 2. The van der Waals surface area contributed by atoms with Gasteiger partial charge in [0.05, 0.1) is 32.4 Å². The van der Waals surface area contributed by atoms with Crippen LogP contribution in [-0.4, -0.2) is 19.7 Å². The number of nitrogens with zero attached hydrogens (tertiary/aromatic N) is 1. The summed E-state index contributed by atoms with van der Waals surface area (Å²) in [5, 5.41) is 17.3. The largest absolute Gasteiger partial charge is 0.346 e. The number of hydroxylamine groups is 1. The molecule has 10 heteroatoms. The van der Waals surface area contributed by atoms with Crippen molar-refractivity contribution < 1.29 is 18.4 Å². The maximum Gasteiger partial charge on any atom is 0.346 e. The van der Waals surface area contributed by atoms with Gasteiger partial charge in [-0.05, 0) is 59.5 Å². The first kappa shape index (κ1) is 24.5. The smallest absolute Gasteiger partial charge is 0.329 e. The summed E-state index contributed by atoms with van der Waals surface area (Å²) in [5.74, 6) is -0.138. The summed E-state index contributed by atoms with van der Waals surface area (Å²) in [6.45, 7) is 3.22. The maximum atomic E-state index is 12.9. The van der Waals surface area contributed by atoms with Gasteiger partial charge in [-0.15, -0.1) is 0 Å². The number of rotatable bonds is 6. The van der Waals surface area contributed by atoms with Crippen LogP contribution in [0.3, 0.4) is 0 Å². The molecule has 0 radical (unpaired) electrons. The molecule has 3 N–H and O–H groups in total. The van der Waals surface area contributed by atoms with Crippen molar-refractivity contribution in [3.63, 3.8) is 0 Å². The Morgan fingerprint density at radius 2 is 1.79 bits per heavy atom.